The first-order valence-corrected chi connectivity index (χ1v) is 23.0. The number of carbonyl (C=O) groups excluding carboxylic acids is 5. The molecule has 8 N–H and O–H groups in total. The Labute approximate surface area is 382 Å². The maximum absolute atomic E-state index is 15.0. The third-order valence-electron chi connectivity index (χ3n) is 11.2. The van der Waals surface area contributed by atoms with Gasteiger partial charge in [-0.15, -0.1) is 0 Å². The lowest BCUT2D eigenvalue weighted by molar-refractivity contribution is -0.161. The van der Waals surface area contributed by atoms with Crippen LogP contribution in [0.15, 0.2) is 88.3 Å². The minimum atomic E-state index is -4.61. The van der Waals surface area contributed by atoms with Crippen LogP contribution in [0, 0.1) is 12.8 Å². The first kappa shape index (κ1) is 51.2. The number of halogens is 3. The van der Waals surface area contributed by atoms with Gasteiger partial charge in [-0.25, -0.2) is 23.2 Å². The standard InChI is InChI=1S/C46H58F3N7O9S/c1-27(2)35-38(66(63,64)33-20-10-28(3)11-21-33)36(56-42(61)45(51,22-24-55(35)56)25-29-14-18-32(19-15-29)46(47,48)49)40(59)54-34(9-7-8-23-52-43(62)65-44(4,5)6)37(57)41(60)53-26-30-12-16-31(17-13-30)39(50)58/h10-21,27,34-35,37,57H,7-9,22-26,51H2,1-6H3,(H2,50,58)(H,52,62)(H,53,60)(H,54,59)/t34-,35?,37?,45?/m0/s1. The summed E-state index contributed by atoms with van der Waals surface area (Å²) in [5.74, 6) is -4.15. The number of alkyl halides is 3. The van der Waals surface area contributed by atoms with Crippen molar-refractivity contribution in [1.82, 2.24) is 26.0 Å². The molecule has 5 amide bonds. The lowest BCUT2D eigenvalue weighted by Gasteiger charge is -2.45. The molecule has 20 heteroatoms. The Hall–Kier alpha value is -5.83. The van der Waals surface area contributed by atoms with E-state index in [-0.39, 0.29) is 67.8 Å². The number of sulfone groups is 1. The van der Waals surface area contributed by atoms with Gasteiger partial charge in [-0.3, -0.25) is 19.2 Å². The fourth-order valence-electron chi connectivity index (χ4n) is 7.85. The van der Waals surface area contributed by atoms with Gasteiger partial charge in [0.15, 0.2) is 6.10 Å². The number of nitrogens with zero attached hydrogens (tertiary/aromatic N) is 2. The topological polar surface area (TPSA) is 244 Å². The zero-order chi connectivity index (χ0) is 48.9. The number of hydrogen-bond acceptors (Lipinski definition) is 11. The smallest absolute Gasteiger partial charge is 0.416 e. The number of aliphatic hydroxyl groups is 1. The van der Waals surface area contributed by atoms with Crippen molar-refractivity contribution in [3.05, 3.63) is 111 Å². The van der Waals surface area contributed by atoms with E-state index in [2.05, 4.69) is 16.0 Å². The fraction of sp³-hybridized carbons (Fsp3) is 0.457. The van der Waals surface area contributed by atoms with Crippen molar-refractivity contribution in [1.29, 1.82) is 0 Å². The number of aliphatic hydroxyl groups excluding tert-OH is 1. The van der Waals surface area contributed by atoms with E-state index < -0.39 is 97.1 Å². The summed E-state index contributed by atoms with van der Waals surface area (Å²) in [6.07, 6.45) is -7.16. The van der Waals surface area contributed by atoms with Gasteiger partial charge in [0.1, 0.15) is 16.8 Å². The van der Waals surface area contributed by atoms with E-state index >= 15 is 4.79 Å². The maximum atomic E-state index is 15.0. The molecule has 0 aromatic heterocycles. The van der Waals surface area contributed by atoms with Crippen molar-refractivity contribution in [2.75, 3.05) is 13.1 Å². The van der Waals surface area contributed by atoms with Crippen molar-refractivity contribution >= 4 is 39.6 Å². The van der Waals surface area contributed by atoms with Crippen molar-refractivity contribution in [2.24, 2.45) is 17.4 Å². The number of aryl methyl sites for hydroxylation is 1. The molecular formula is C46H58F3N7O9S. The zero-order valence-corrected chi connectivity index (χ0v) is 38.5. The van der Waals surface area contributed by atoms with Crippen molar-refractivity contribution in [2.45, 2.75) is 121 Å². The van der Waals surface area contributed by atoms with Gasteiger partial charge >= 0.3 is 12.3 Å². The van der Waals surface area contributed by atoms with Crippen LogP contribution in [0.25, 0.3) is 0 Å². The number of carbonyl (C=O) groups is 5. The van der Waals surface area contributed by atoms with Crippen LogP contribution in [-0.2, 0) is 48.1 Å². The number of alkyl carbamates (subject to hydrolysis) is 1. The Morgan fingerprint density at radius 3 is 2.09 bits per heavy atom. The quantitative estimate of drug-likeness (QED) is 0.104. The van der Waals surface area contributed by atoms with E-state index in [1.54, 1.807) is 65.8 Å². The van der Waals surface area contributed by atoms with Gasteiger partial charge in [0.05, 0.1) is 27.4 Å². The second kappa shape index (κ2) is 20.4. The van der Waals surface area contributed by atoms with Gasteiger partial charge in [0.2, 0.25) is 15.7 Å². The summed E-state index contributed by atoms with van der Waals surface area (Å²) in [6, 6.07) is 13.5. The van der Waals surface area contributed by atoms with Crippen LogP contribution >= 0.6 is 0 Å². The number of fused-ring (bicyclic) bond motifs is 1. The summed E-state index contributed by atoms with van der Waals surface area (Å²) in [5.41, 5.74) is 9.86. The number of rotatable bonds is 17. The summed E-state index contributed by atoms with van der Waals surface area (Å²) in [4.78, 5) is 66.7. The third-order valence-corrected chi connectivity index (χ3v) is 13.2. The Kier molecular flexibility index (Phi) is 15.8. The van der Waals surface area contributed by atoms with Gasteiger partial charge in [0.25, 0.3) is 17.7 Å². The minimum absolute atomic E-state index is 0.0467. The molecule has 0 spiro atoms. The van der Waals surface area contributed by atoms with Crippen LogP contribution in [-0.4, -0.2) is 95.7 Å². The zero-order valence-electron chi connectivity index (χ0n) is 37.7. The van der Waals surface area contributed by atoms with Crippen LogP contribution in [0.1, 0.15) is 92.9 Å². The number of benzene rings is 3. The van der Waals surface area contributed by atoms with Crippen molar-refractivity contribution in [3.63, 3.8) is 0 Å². The number of ether oxygens (including phenoxy) is 1. The summed E-state index contributed by atoms with van der Waals surface area (Å²) in [7, 11) is -4.59. The van der Waals surface area contributed by atoms with Crippen molar-refractivity contribution in [3.8, 4) is 0 Å². The number of nitrogens with two attached hydrogens (primary N) is 2. The van der Waals surface area contributed by atoms with E-state index in [0.717, 1.165) is 22.7 Å². The molecule has 0 aliphatic carbocycles. The molecule has 2 aliphatic heterocycles. The Bertz CT molecular complexity index is 2420. The van der Waals surface area contributed by atoms with Gasteiger partial charge in [-0.1, -0.05) is 55.8 Å². The predicted octanol–water partition coefficient (Wildman–Crippen LogP) is 4.38. The Morgan fingerprint density at radius 2 is 1.53 bits per heavy atom. The first-order valence-electron chi connectivity index (χ1n) is 21.5. The average Bonchev–Trinajstić information content (AvgIpc) is 3.60. The van der Waals surface area contributed by atoms with Crippen molar-refractivity contribution < 1.29 is 55.4 Å². The van der Waals surface area contributed by atoms with Crippen LogP contribution in [0.5, 0.6) is 0 Å². The van der Waals surface area contributed by atoms with E-state index in [1.165, 1.54) is 41.4 Å². The van der Waals surface area contributed by atoms with Crippen LogP contribution in [0.4, 0.5) is 18.0 Å². The highest BCUT2D eigenvalue weighted by atomic mass is 32.2. The molecular weight excluding hydrogens is 884 g/mol. The largest absolute Gasteiger partial charge is 0.444 e. The molecule has 66 heavy (non-hydrogen) atoms. The van der Waals surface area contributed by atoms with Gasteiger partial charge < -0.3 is 37.3 Å². The summed E-state index contributed by atoms with van der Waals surface area (Å²) < 4.78 is 75.3. The van der Waals surface area contributed by atoms with Crippen LogP contribution in [0.2, 0.25) is 0 Å². The number of amides is 5. The molecule has 0 saturated carbocycles. The van der Waals surface area contributed by atoms with Crippen LogP contribution < -0.4 is 27.4 Å². The molecule has 2 aliphatic rings. The normalized spacial score (nSPS) is 19.0. The highest BCUT2D eigenvalue weighted by Gasteiger charge is 2.57. The average molecular weight is 942 g/mol. The molecule has 358 valence electrons. The maximum Gasteiger partial charge on any atom is 0.416 e. The van der Waals surface area contributed by atoms with E-state index in [4.69, 9.17) is 16.2 Å². The molecule has 3 unspecified atom stereocenters. The number of hydrazine groups is 1. The monoisotopic (exact) mass is 941 g/mol. The summed E-state index contributed by atoms with van der Waals surface area (Å²) in [6.45, 7) is 10.3. The number of hydrogen-bond donors (Lipinski definition) is 6. The minimum Gasteiger partial charge on any atom is -0.444 e. The third kappa shape index (κ3) is 12.1. The van der Waals surface area contributed by atoms with Gasteiger partial charge in [0, 0.05) is 25.2 Å². The molecule has 0 bridgehead atoms. The number of primary amides is 1. The molecule has 2 heterocycles. The lowest BCUT2D eigenvalue weighted by Crippen LogP contribution is -2.67. The second-order valence-corrected chi connectivity index (χ2v) is 19.9. The highest BCUT2D eigenvalue weighted by Crippen LogP contribution is 2.44. The first-order chi connectivity index (χ1) is 30.7. The molecule has 0 radical (unpaired) electrons. The molecule has 1 saturated heterocycles. The second-order valence-electron chi connectivity index (χ2n) is 18.0. The van der Waals surface area contributed by atoms with Crippen LogP contribution in [0.3, 0.4) is 0 Å². The summed E-state index contributed by atoms with van der Waals surface area (Å²) in [5, 5.41) is 21.9. The van der Waals surface area contributed by atoms with Gasteiger partial charge in [-0.2, -0.15) is 13.2 Å². The number of unbranched alkanes of at least 4 members (excludes halogenated alkanes) is 1. The van der Waals surface area contributed by atoms with E-state index in [9.17, 15) is 45.9 Å². The molecule has 1 fully saturated rings. The van der Waals surface area contributed by atoms with Gasteiger partial charge in [-0.05, 0) is 113 Å². The highest BCUT2D eigenvalue weighted by molar-refractivity contribution is 7.95. The lowest BCUT2D eigenvalue weighted by atomic mass is 9.85. The SMILES string of the molecule is Cc1ccc(S(=O)(=O)C2=C(C(=O)N[C@@H](CCCCNC(=O)OC(C)(C)C)C(O)C(=O)NCc3ccc(C(N)=O)cc3)N3C(=O)C(N)(Cc4ccc(C(F)(F)F)cc4)CCN3C2C(C)C)cc1. The summed E-state index contributed by atoms with van der Waals surface area (Å²) >= 11 is 0. The van der Waals surface area contributed by atoms with E-state index in [1.807, 2.05) is 0 Å². The molecule has 16 nitrogen and oxygen atoms in total. The Balaban J connectivity index is 1.53. The fourth-order valence-corrected chi connectivity index (χ4v) is 9.74. The predicted molar refractivity (Wildman–Crippen MR) is 237 cm³/mol. The Morgan fingerprint density at radius 1 is 0.924 bits per heavy atom. The molecule has 5 rings (SSSR count). The molecule has 3 aromatic rings. The van der Waals surface area contributed by atoms with E-state index in [0.29, 0.717) is 5.56 Å². The number of nitrogens with one attached hydrogen (secondary N) is 3. The molecule has 3 aromatic carbocycles. The molecule has 4 atom stereocenters.